The minimum Gasteiger partial charge on any atom is -0.505 e. The van der Waals surface area contributed by atoms with Crippen LogP contribution in [0.15, 0.2) is 122 Å². The molecule has 0 spiro atoms. The first-order chi connectivity index (χ1) is 22.6. The van der Waals surface area contributed by atoms with Crippen LogP contribution in [0.1, 0.15) is 5.56 Å². The maximum Gasteiger partial charge on any atom is 0.296 e. The van der Waals surface area contributed by atoms with Crippen molar-refractivity contribution >= 4 is 106 Å². The summed E-state index contributed by atoms with van der Waals surface area (Å²) >= 11 is 2.71. The van der Waals surface area contributed by atoms with E-state index in [1.165, 1.54) is 28.7 Å². The van der Waals surface area contributed by atoms with Gasteiger partial charge >= 0.3 is 0 Å². The Morgan fingerprint density at radius 1 is 0.646 bits per heavy atom. The summed E-state index contributed by atoms with van der Waals surface area (Å²) in [5.74, 6) is -0.495. The number of benzene rings is 5. The van der Waals surface area contributed by atoms with Crippen LogP contribution >= 0.6 is 22.7 Å². The SMILES string of the molecule is Cc1ccc2nc(-c3ccc4nc(-c5ccc(N=Nc6cc(N=Nc7ccccc7)c(O)cc6O)cc5)sc4c3)sc2c1S(=O)(=O)O.[Na]. The molecule has 7 rings (SSSR count). The summed E-state index contributed by atoms with van der Waals surface area (Å²) in [5.41, 5.74) is 4.84. The molecule has 0 amide bonds. The zero-order chi connectivity index (χ0) is 32.7. The third-order valence-electron chi connectivity index (χ3n) is 7.09. The molecular weight excluding hydrogens is 680 g/mol. The van der Waals surface area contributed by atoms with Crippen LogP contribution in [0.2, 0.25) is 0 Å². The molecule has 0 unspecified atom stereocenters. The number of aryl methyl sites for hydroxylation is 1. The Hall–Kier alpha value is -4.41. The van der Waals surface area contributed by atoms with Gasteiger partial charge in [-0.05, 0) is 73.2 Å². The van der Waals surface area contributed by atoms with E-state index in [-0.39, 0.29) is 57.3 Å². The van der Waals surface area contributed by atoms with Crippen molar-refractivity contribution < 1.29 is 23.2 Å². The summed E-state index contributed by atoms with van der Waals surface area (Å²) in [6.45, 7) is 1.64. The molecule has 11 nitrogen and oxygen atoms in total. The molecule has 3 N–H and O–H groups in total. The number of rotatable bonds is 7. The molecule has 0 saturated carbocycles. The summed E-state index contributed by atoms with van der Waals surface area (Å²) < 4.78 is 35.2. The molecule has 48 heavy (non-hydrogen) atoms. The summed E-state index contributed by atoms with van der Waals surface area (Å²) in [5, 5.41) is 38.5. The van der Waals surface area contributed by atoms with Crippen LogP contribution in [-0.2, 0) is 10.1 Å². The Kier molecular flexibility index (Phi) is 9.49. The summed E-state index contributed by atoms with van der Waals surface area (Å²) in [7, 11) is -4.41. The zero-order valence-corrected chi connectivity index (χ0v) is 29.8. The van der Waals surface area contributed by atoms with Crippen molar-refractivity contribution in [2.24, 2.45) is 20.5 Å². The first-order valence-electron chi connectivity index (χ1n) is 14.0. The third-order valence-corrected chi connectivity index (χ3v) is 10.5. The molecule has 7 aromatic rings. The van der Waals surface area contributed by atoms with Gasteiger partial charge in [0.25, 0.3) is 10.1 Å². The predicted octanol–water partition coefficient (Wildman–Crippen LogP) is 9.66. The normalized spacial score (nSPS) is 12.0. The Balaban J connectivity index is 0.00000401. The van der Waals surface area contributed by atoms with Crippen LogP contribution in [0.4, 0.5) is 22.7 Å². The number of aromatic hydroxyl groups is 2. The van der Waals surface area contributed by atoms with Crippen LogP contribution < -0.4 is 0 Å². The number of nitrogens with zero attached hydrogens (tertiary/aromatic N) is 6. The van der Waals surface area contributed by atoms with Gasteiger partial charge in [0, 0.05) is 52.8 Å². The molecule has 0 aliphatic carbocycles. The zero-order valence-electron chi connectivity index (χ0n) is 25.3. The second-order valence-corrected chi connectivity index (χ2v) is 13.8. The number of azo groups is 2. The molecule has 0 atom stereocenters. The fraction of sp³-hybridized carbons (Fsp3) is 0.0303. The van der Waals surface area contributed by atoms with E-state index in [9.17, 15) is 23.2 Å². The second kappa shape index (κ2) is 13.6. The van der Waals surface area contributed by atoms with Gasteiger partial charge in [-0.1, -0.05) is 24.3 Å². The fourth-order valence-corrected chi connectivity index (χ4v) is 8.11. The van der Waals surface area contributed by atoms with Crippen LogP contribution in [0.25, 0.3) is 41.6 Å². The third kappa shape index (κ3) is 6.91. The van der Waals surface area contributed by atoms with Gasteiger partial charge in [0.2, 0.25) is 0 Å². The largest absolute Gasteiger partial charge is 0.505 e. The summed E-state index contributed by atoms with van der Waals surface area (Å²) in [6, 6.07) is 28.0. The number of hydrogen-bond acceptors (Lipinski definition) is 12. The van der Waals surface area contributed by atoms with Gasteiger partial charge in [0.05, 0.1) is 31.8 Å². The first-order valence-corrected chi connectivity index (χ1v) is 17.0. The Morgan fingerprint density at radius 3 is 1.90 bits per heavy atom. The van der Waals surface area contributed by atoms with Crippen molar-refractivity contribution in [1.29, 1.82) is 0 Å². The van der Waals surface area contributed by atoms with E-state index in [1.807, 2.05) is 48.5 Å². The average molecular weight is 702 g/mol. The van der Waals surface area contributed by atoms with Crippen molar-refractivity contribution in [2.45, 2.75) is 11.8 Å². The van der Waals surface area contributed by atoms with Crippen molar-refractivity contribution in [2.75, 3.05) is 0 Å². The molecule has 0 saturated heterocycles. The van der Waals surface area contributed by atoms with E-state index in [1.54, 1.807) is 43.3 Å². The van der Waals surface area contributed by atoms with Gasteiger partial charge in [0.1, 0.15) is 37.8 Å². The van der Waals surface area contributed by atoms with Crippen molar-refractivity contribution in [1.82, 2.24) is 9.97 Å². The monoisotopic (exact) mass is 701 g/mol. The van der Waals surface area contributed by atoms with Gasteiger partial charge in [-0.25, -0.2) is 9.97 Å². The van der Waals surface area contributed by atoms with E-state index in [4.69, 9.17) is 4.98 Å². The number of aromatic nitrogens is 2. The van der Waals surface area contributed by atoms with Crippen molar-refractivity contribution in [3.05, 3.63) is 103 Å². The molecule has 2 aromatic heterocycles. The maximum absolute atomic E-state index is 12.0. The van der Waals surface area contributed by atoms with Crippen LogP contribution in [0.5, 0.6) is 11.5 Å². The fourth-order valence-electron chi connectivity index (χ4n) is 4.79. The number of phenols is 2. The van der Waals surface area contributed by atoms with Crippen molar-refractivity contribution in [3.8, 4) is 32.6 Å². The van der Waals surface area contributed by atoms with Crippen molar-refractivity contribution in [3.63, 3.8) is 0 Å². The minimum absolute atomic E-state index is 0. The molecule has 2 heterocycles. The van der Waals surface area contributed by atoms with E-state index in [0.29, 0.717) is 32.2 Å². The van der Waals surface area contributed by atoms with Gasteiger partial charge < -0.3 is 10.2 Å². The topological polar surface area (TPSA) is 170 Å². The predicted molar refractivity (Wildman–Crippen MR) is 189 cm³/mol. The van der Waals surface area contributed by atoms with Gasteiger partial charge in [-0.15, -0.1) is 32.9 Å². The standard InChI is InChI=1S/C33H22N6O5S3.Na/c1-18-7-13-24-30(31(18)47(42,43)44)46-33(35-24)20-10-14-23-29(15-20)45-32(34-23)19-8-11-22(12-9-19)37-39-26-16-25(27(40)17-28(26)41)38-36-21-5-3-2-4-6-21;/h2-17,40-41H,1H3,(H,42,43,44);. The number of thiazole rings is 2. The van der Waals surface area contributed by atoms with E-state index in [0.717, 1.165) is 32.4 Å². The minimum atomic E-state index is -4.41. The van der Waals surface area contributed by atoms with Gasteiger partial charge in [0.15, 0.2) is 0 Å². The first kappa shape index (κ1) is 33.5. The van der Waals surface area contributed by atoms with Crippen LogP contribution in [0.3, 0.4) is 0 Å². The molecule has 15 heteroatoms. The quantitative estimate of drug-likeness (QED) is 0.0844. The summed E-state index contributed by atoms with van der Waals surface area (Å²) in [4.78, 5) is 9.28. The van der Waals surface area contributed by atoms with E-state index < -0.39 is 10.1 Å². The van der Waals surface area contributed by atoms with Gasteiger partial charge in [-0.2, -0.15) is 18.6 Å². The molecule has 1 radical (unpaired) electrons. The van der Waals surface area contributed by atoms with Crippen LogP contribution in [0, 0.1) is 6.92 Å². The average Bonchev–Trinajstić information content (AvgIpc) is 3.68. The number of phenolic OH excluding ortho intramolecular Hbond substituents is 2. The Labute approximate surface area is 304 Å². The number of hydrogen-bond donors (Lipinski definition) is 3. The molecular formula is C33H22N6NaO5S3. The van der Waals surface area contributed by atoms with Gasteiger partial charge in [-0.3, -0.25) is 4.55 Å². The molecule has 0 bridgehead atoms. The van der Waals surface area contributed by atoms with E-state index >= 15 is 0 Å². The molecule has 0 fully saturated rings. The molecule has 0 aliphatic heterocycles. The van der Waals surface area contributed by atoms with Crippen LogP contribution in [-0.4, -0.2) is 62.7 Å². The smallest absolute Gasteiger partial charge is 0.296 e. The Morgan fingerprint density at radius 2 is 1.23 bits per heavy atom. The maximum atomic E-state index is 12.0. The second-order valence-electron chi connectivity index (χ2n) is 10.4. The number of fused-ring (bicyclic) bond motifs is 2. The summed E-state index contributed by atoms with van der Waals surface area (Å²) in [6.07, 6.45) is 0. The molecule has 0 aliphatic rings. The Bertz CT molecular complexity index is 2480. The van der Waals surface area contributed by atoms with E-state index in [2.05, 4.69) is 25.4 Å². The molecule has 233 valence electrons. The molecule has 5 aromatic carbocycles.